The van der Waals surface area contributed by atoms with Crippen LogP contribution in [0.15, 0.2) is 0 Å². The predicted molar refractivity (Wildman–Crippen MR) is 60.7 cm³/mol. The van der Waals surface area contributed by atoms with E-state index in [0.29, 0.717) is 12.6 Å². The third-order valence-corrected chi connectivity index (χ3v) is 3.01. The van der Waals surface area contributed by atoms with Crippen LogP contribution < -0.4 is 5.32 Å². The van der Waals surface area contributed by atoms with Crippen molar-refractivity contribution in [3.8, 4) is 0 Å². The Kier molecular flexibility index (Phi) is 5.69. The lowest BCUT2D eigenvalue weighted by Crippen LogP contribution is -2.36. The summed E-state index contributed by atoms with van der Waals surface area (Å²) >= 11 is 0. The van der Waals surface area contributed by atoms with E-state index < -0.39 is 0 Å². The van der Waals surface area contributed by atoms with Crippen LogP contribution >= 0.6 is 0 Å². The van der Waals surface area contributed by atoms with Gasteiger partial charge in [0, 0.05) is 12.6 Å². The molecule has 0 saturated heterocycles. The molecular formula is C12H23NO2. The van der Waals surface area contributed by atoms with Gasteiger partial charge in [-0.2, -0.15) is 0 Å². The molecule has 1 unspecified atom stereocenters. The molecule has 3 heteroatoms. The summed E-state index contributed by atoms with van der Waals surface area (Å²) in [6, 6.07) is 0.621. The summed E-state index contributed by atoms with van der Waals surface area (Å²) in [6.07, 6.45) is 6.54. The van der Waals surface area contributed by atoms with Gasteiger partial charge in [-0.25, -0.2) is 0 Å². The first-order valence-electron chi connectivity index (χ1n) is 6.14. The van der Waals surface area contributed by atoms with Gasteiger partial charge in [-0.3, -0.25) is 4.79 Å². The number of hydrogen-bond acceptors (Lipinski definition) is 3. The van der Waals surface area contributed by atoms with Gasteiger partial charge in [-0.1, -0.05) is 26.2 Å². The van der Waals surface area contributed by atoms with E-state index >= 15 is 0 Å². The molecule has 0 heterocycles. The topological polar surface area (TPSA) is 38.3 Å². The van der Waals surface area contributed by atoms with Crippen LogP contribution in [0.25, 0.3) is 0 Å². The second-order valence-corrected chi connectivity index (χ2v) is 4.40. The molecule has 0 aromatic rings. The molecule has 0 aliphatic heterocycles. The smallest absolute Gasteiger partial charge is 0.309 e. The lowest BCUT2D eigenvalue weighted by atomic mass is 9.95. The molecular weight excluding hydrogens is 190 g/mol. The summed E-state index contributed by atoms with van der Waals surface area (Å²) in [5, 5.41) is 3.46. The van der Waals surface area contributed by atoms with Crippen molar-refractivity contribution in [3.63, 3.8) is 0 Å². The maximum absolute atomic E-state index is 11.4. The van der Waals surface area contributed by atoms with E-state index in [4.69, 9.17) is 4.74 Å². The predicted octanol–water partition coefficient (Wildman–Crippen LogP) is 2.11. The highest BCUT2D eigenvalue weighted by Gasteiger charge is 2.17. The number of ether oxygens (including phenoxy) is 1. The maximum Gasteiger partial charge on any atom is 0.309 e. The average molecular weight is 213 g/mol. The van der Waals surface area contributed by atoms with Crippen LogP contribution in [0, 0.1) is 5.92 Å². The molecule has 0 radical (unpaired) electrons. The minimum absolute atomic E-state index is 0.0214. The van der Waals surface area contributed by atoms with Crippen molar-refractivity contribution in [1.29, 1.82) is 0 Å². The molecule has 15 heavy (non-hydrogen) atoms. The zero-order chi connectivity index (χ0) is 11.1. The lowest BCUT2D eigenvalue weighted by Gasteiger charge is -2.24. The highest BCUT2D eigenvalue weighted by atomic mass is 16.5. The Morgan fingerprint density at radius 1 is 1.40 bits per heavy atom. The van der Waals surface area contributed by atoms with Crippen molar-refractivity contribution < 1.29 is 9.53 Å². The first-order chi connectivity index (χ1) is 7.24. The second kappa shape index (κ2) is 6.83. The van der Waals surface area contributed by atoms with E-state index in [9.17, 15) is 4.79 Å². The summed E-state index contributed by atoms with van der Waals surface area (Å²) in [6.45, 7) is 5.00. The first kappa shape index (κ1) is 12.5. The van der Waals surface area contributed by atoms with Crippen LogP contribution in [0.4, 0.5) is 0 Å². The highest BCUT2D eigenvalue weighted by Crippen LogP contribution is 2.17. The molecule has 1 atom stereocenters. The van der Waals surface area contributed by atoms with Crippen LogP contribution in [0.5, 0.6) is 0 Å². The first-order valence-corrected chi connectivity index (χ1v) is 6.14. The van der Waals surface area contributed by atoms with Crippen LogP contribution in [0.1, 0.15) is 46.0 Å². The molecule has 0 spiro atoms. The van der Waals surface area contributed by atoms with Gasteiger partial charge in [-0.05, 0) is 19.8 Å². The van der Waals surface area contributed by atoms with E-state index in [-0.39, 0.29) is 11.9 Å². The largest absolute Gasteiger partial charge is 0.466 e. The number of carbonyl (C=O) groups is 1. The number of rotatable bonds is 5. The Labute approximate surface area is 92.6 Å². The van der Waals surface area contributed by atoms with Crippen molar-refractivity contribution >= 4 is 5.97 Å². The Bertz CT molecular complexity index is 188. The van der Waals surface area contributed by atoms with Gasteiger partial charge in [0.05, 0.1) is 12.5 Å². The molecule has 1 N–H and O–H groups in total. The summed E-state index contributed by atoms with van der Waals surface area (Å²) in [7, 11) is 0. The Morgan fingerprint density at radius 3 is 2.67 bits per heavy atom. The van der Waals surface area contributed by atoms with Gasteiger partial charge in [0.15, 0.2) is 0 Å². The van der Waals surface area contributed by atoms with E-state index in [0.717, 1.165) is 6.54 Å². The SMILES string of the molecule is CCOC(=O)C(C)CNC1CCCCC1. The fraction of sp³-hybridized carbons (Fsp3) is 0.917. The molecule has 1 saturated carbocycles. The van der Waals surface area contributed by atoms with Crippen molar-refractivity contribution in [2.45, 2.75) is 52.0 Å². The molecule has 1 fully saturated rings. The highest BCUT2D eigenvalue weighted by molar-refractivity contribution is 5.72. The van der Waals surface area contributed by atoms with Gasteiger partial charge in [0.1, 0.15) is 0 Å². The Morgan fingerprint density at radius 2 is 2.07 bits per heavy atom. The standard InChI is InChI=1S/C12H23NO2/c1-3-15-12(14)10(2)9-13-11-7-5-4-6-8-11/h10-11,13H,3-9H2,1-2H3. The number of hydrogen-bond donors (Lipinski definition) is 1. The summed E-state index contributed by atoms with van der Waals surface area (Å²) in [5.74, 6) is -0.104. The fourth-order valence-electron chi connectivity index (χ4n) is 2.02. The van der Waals surface area contributed by atoms with E-state index in [1.165, 1.54) is 32.1 Å². The lowest BCUT2D eigenvalue weighted by molar-refractivity contribution is -0.147. The fourth-order valence-corrected chi connectivity index (χ4v) is 2.02. The van der Waals surface area contributed by atoms with Gasteiger partial charge >= 0.3 is 5.97 Å². The van der Waals surface area contributed by atoms with Gasteiger partial charge < -0.3 is 10.1 Å². The molecule has 0 aromatic heterocycles. The molecule has 0 aromatic carbocycles. The Balaban J connectivity index is 2.14. The van der Waals surface area contributed by atoms with Crippen molar-refractivity contribution in [1.82, 2.24) is 5.32 Å². The van der Waals surface area contributed by atoms with Crippen LogP contribution in [-0.2, 0) is 9.53 Å². The molecule has 1 rings (SSSR count). The zero-order valence-corrected chi connectivity index (χ0v) is 9.92. The molecule has 0 amide bonds. The minimum atomic E-state index is -0.0826. The number of nitrogens with one attached hydrogen (secondary N) is 1. The van der Waals surface area contributed by atoms with Crippen LogP contribution in [-0.4, -0.2) is 25.2 Å². The monoisotopic (exact) mass is 213 g/mol. The van der Waals surface area contributed by atoms with E-state index in [1.807, 2.05) is 13.8 Å². The van der Waals surface area contributed by atoms with E-state index in [2.05, 4.69) is 5.32 Å². The van der Waals surface area contributed by atoms with Crippen LogP contribution in [0.3, 0.4) is 0 Å². The second-order valence-electron chi connectivity index (χ2n) is 4.40. The zero-order valence-electron chi connectivity index (χ0n) is 9.92. The number of esters is 1. The van der Waals surface area contributed by atoms with Crippen molar-refractivity contribution in [3.05, 3.63) is 0 Å². The summed E-state index contributed by atoms with van der Waals surface area (Å²) < 4.78 is 4.96. The number of carbonyl (C=O) groups excluding carboxylic acids is 1. The average Bonchev–Trinajstić information content (AvgIpc) is 2.27. The minimum Gasteiger partial charge on any atom is -0.466 e. The molecule has 3 nitrogen and oxygen atoms in total. The summed E-state index contributed by atoms with van der Waals surface area (Å²) in [5.41, 5.74) is 0. The quantitative estimate of drug-likeness (QED) is 0.711. The molecule has 88 valence electrons. The van der Waals surface area contributed by atoms with Crippen molar-refractivity contribution in [2.75, 3.05) is 13.2 Å². The van der Waals surface area contributed by atoms with Gasteiger partial charge in [0.2, 0.25) is 0 Å². The normalized spacial score (nSPS) is 19.9. The molecule has 1 aliphatic rings. The molecule has 0 bridgehead atoms. The van der Waals surface area contributed by atoms with E-state index in [1.54, 1.807) is 0 Å². The summed E-state index contributed by atoms with van der Waals surface area (Å²) in [4.78, 5) is 11.4. The maximum atomic E-state index is 11.4. The van der Waals surface area contributed by atoms with Gasteiger partial charge in [0.25, 0.3) is 0 Å². The molecule has 1 aliphatic carbocycles. The van der Waals surface area contributed by atoms with Crippen LogP contribution in [0.2, 0.25) is 0 Å². The third kappa shape index (κ3) is 4.65. The third-order valence-electron chi connectivity index (χ3n) is 3.01. The Hall–Kier alpha value is -0.570. The van der Waals surface area contributed by atoms with Gasteiger partial charge in [-0.15, -0.1) is 0 Å². The van der Waals surface area contributed by atoms with Crippen molar-refractivity contribution in [2.24, 2.45) is 5.92 Å².